The molecule has 0 saturated carbocycles. The fraction of sp³-hybridized carbons (Fsp3) is 0.433. The maximum atomic E-state index is 13.2. The Bertz CT molecular complexity index is 1270. The molecule has 0 unspecified atom stereocenters. The molecule has 2 aliphatic heterocycles. The molecule has 11 nitrogen and oxygen atoms in total. The minimum absolute atomic E-state index is 0.0280. The molecule has 1 aromatic carbocycles. The highest BCUT2D eigenvalue weighted by Gasteiger charge is 2.44. The van der Waals surface area contributed by atoms with E-state index in [1.54, 1.807) is 11.1 Å². The van der Waals surface area contributed by atoms with E-state index < -0.39 is 11.9 Å². The first kappa shape index (κ1) is 32.7. The van der Waals surface area contributed by atoms with Crippen LogP contribution in [0.2, 0.25) is 5.02 Å². The van der Waals surface area contributed by atoms with Crippen LogP contribution in [0.4, 0.5) is 5.69 Å². The molecule has 0 aliphatic carbocycles. The second-order valence-electron chi connectivity index (χ2n) is 10.9. The van der Waals surface area contributed by atoms with Gasteiger partial charge in [-0.25, -0.2) is 9.59 Å². The van der Waals surface area contributed by atoms with Gasteiger partial charge in [0.1, 0.15) is 0 Å². The Morgan fingerprint density at radius 3 is 2.38 bits per heavy atom. The summed E-state index contributed by atoms with van der Waals surface area (Å²) in [6.45, 7) is 8.58. The van der Waals surface area contributed by atoms with E-state index in [9.17, 15) is 19.2 Å². The number of pyridine rings is 1. The third kappa shape index (κ3) is 8.85. The van der Waals surface area contributed by atoms with Gasteiger partial charge in [-0.2, -0.15) is 0 Å². The van der Waals surface area contributed by atoms with Crippen LogP contribution in [0.3, 0.4) is 0 Å². The minimum atomic E-state index is -1.26. The SMILES string of the molecule is CC[C@@H](NC(=O)[C@@H]1CNC[C@H](N2CC(=O)N(c3ccccc3Cl)CC2(C)C)C1)c1ccccn1.O=C(O)/C=C/C(=O)O. The van der Waals surface area contributed by atoms with Crippen molar-refractivity contribution in [1.82, 2.24) is 20.5 Å². The number of carbonyl (C=O) groups is 4. The Balaban J connectivity index is 0.000000531. The Morgan fingerprint density at radius 1 is 1.12 bits per heavy atom. The quantitative estimate of drug-likeness (QED) is 0.335. The maximum Gasteiger partial charge on any atom is 0.328 e. The predicted molar refractivity (Wildman–Crippen MR) is 159 cm³/mol. The number of carboxylic acid groups (broad SMARTS) is 2. The van der Waals surface area contributed by atoms with Gasteiger partial charge in [-0.15, -0.1) is 0 Å². The summed E-state index contributed by atoms with van der Waals surface area (Å²) in [7, 11) is 0. The zero-order valence-corrected chi connectivity index (χ0v) is 24.8. The summed E-state index contributed by atoms with van der Waals surface area (Å²) in [5.74, 6) is -2.61. The number of para-hydroxylation sites is 1. The van der Waals surface area contributed by atoms with Crippen LogP contribution in [0.25, 0.3) is 0 Å². The Labute approximate surface area is 250 Å². The van der Waals surface area contributed by atoms with Gasteiger partial charge in [-0.05, 0) is 51.0 Å². The van der Waals surface area contributed by atoms with Crippen LogP contribution in [-0.4, -0.2) is 81.6 Å². The lowest BCUT2D eigenvalue weighted by Crippen LogP contribution is -2.67. The van der Waals surface area contributed by atoms with Crippen molar-refractivity contribution in [2.24, 2.45) is 5.92 Å². The van der Waals surface area contributed by atoms with E-state index in [1.165, 1.54) is 0 Å². The van der Waals surface area contributed by atoms with Crippen LogP contribution >= 0.6 is 11.6 Å². The van der Waals surface area contributed by atoms with Crippen LogP contribution in [-0.2, 0) is 19.2 Å². The number of carboxylic acids is 2. The van der Waals surface area contributed by atoms with Crippen molar-refractivity contribution in [2.45, 2.75) is 51.2 Å². The number of halogens is 1. The number of anilines is 1. The van der Waals surface area contributed by atoms with Crippen LogP contribution in [0.15, 0.2) is 60.8 Å². The monoisotopic (exact) mass is 599 g/mol. The minimum Gasteiger partial charge on any atom is -0.478 e. The van der Waals surface area contributed by atoms with Crippen LogP contribution in [0.5, 0.6) is 0 Å². The standard InChI is InChI=1S/C26H34ClN5O2.C4H4O4/c1-4-21(22-10-7-8-12-29-22)30-25(34)18-13-19(15-28-14-18)32-16-24(33)31(17-26(32,2)3)23-11-6-5-9-20(23)27;5-3(6)1-2-4(7)8/h5-12,18-19,21,28H,4,13-17H2,1-3H3,(H,30,34);1-2H,(H,5,6)(H,7,8)/b;2-1+/t18-,19+,21+;/m0./s1. The van der Waals surface area contributed by atoms with E-state index in [0.717, 1.165) is 24.3 Å². The molecule has 2 fully saturated rings. The molecular formula is C30H38ClN5O6. The number of carbonyl (C=O) groups excluding carboxylic acids is 2. The lowest BCUT2D eigenvalue weighted by atomic mass is 9.88. The Kier molecular flexibility index (Phi) is 11.6. The molecule has 2 aromatic rings. The first-order valence-corrected chi connectivity index (χ1v) is 14.2. The van der Waals surface area contributed by atoms with Crippen molar-refractivity contribution in [3.8, 4) is 0 Å². The fourth-order valence-electron chi connectivity index (χ4n) is 5.28. The van der Waals surface area contributed by atoms with Crippen molar-refractivity contribution in [2.75, 3.05) is 31.1 Å². The van der Waals surface area contributed by atoms with Gasteiger partial charge in [-0.3, -0.25) is 19.5 Å². The van der Waals surface area contributed by atoms with E-state index in [1.807, 2.05) is 49.4 Å². The summed E-state index contributed by atoms with van der Waals surface area (Å²) < 4.78 is 0. The van der Waals surface area contributed by atoms with E-state index in [2.05, 4.69) is 34.4 Å². The number of nitrogens with zero attached hydrogens (tertiary/aromatic N) is 3. The molecule has 2 amide bonds. The summed E-state index contributed by atoms with van der Waals surface area (Å²) in [4.78, 5) is 53.9. The molecule has 4 rings (SSSR count). The van der Waals surface area contributed by atoms with Gasteiger partial charge in [-0.1, -0.05) is 36.7 Å². The van der Waals surface area contributed by atoms with Gasteiger partial charge in [0.15, 0.2) is 0 Å². The predicted octanol–water partition coefficient (Wildman–Crippen LogP) is 3.12. The average molecular weight is 600 g/mol. The Hall–Kier alpha value is -3.80. The normalized spacial score (nSPS) is 21.2. The molecule has 2 saturated heterocycles. The third-order valence-electron chi connectivity index (χ3n) is 7.35. The highest BCUT2D eigenvalue weighted by molar-refractivity contribution is 6.33. The molecule has 2 aliphatic rings. The first-order chi connectivity index (χ1) is 19.9. The number of hydrogen-bond acceptors (Lipinski definition) is 7. The van der Waals surface area contributed by atoms with Crippen molar-refractivity contribution in [3.05, 3.63) is 71.5 Å². The molecule has 0 bridgehead atoms. The number of amides is 2. The zero-order valence-electron chi connectivity index (χ0n) is 24.0. The first-order valence-electron chi connectivity index (χ1n) is 13.8. The van der Waals surface area contributed by atoms with E-state index in [-0.39, 0.29) is 35.4 Å². The zero-order chi connectivity index (χ0) is 30.9. The third-order valence-corrected chi connectivity index (χ3v) is 7.67. The number of benzene rings is 1. The molecule has 3 heterocycles. The van der Waals surface area contributed by atoms with Gasteiger partial charge in [0, 0.05) is 49.6 Å². The van der Waals surface area contributed by atoms with Crippen LogP contribution < -0.4 is 15.5 Å². The molecular weight excluding hydrogens is 562 g/mol. The average Bonchev–Trinajstić information content (AvgIpc) is 2.97. The highest BCUT2D eigenvalue weighted by atomic mass is 35.5. The number of hydrogen-bond donors (Lipinski definition) is 4. The van der Waals surface area contributed by atoms with Crippen molar-refractivity contribution in [3.63, 3.8) is 0 Å². The number of piperidine rings is 1. The van der Waals surface area contributed by atoms with E-state index >= 15 is 0 Å². The van der Waals surface area contributed by atoms with Gasteiger partial charge in [0.25, 0.3) is 0 Å². The van der Waals surface area contributed by atoms with Gasteiger partial charge < -0.3 is 25.7 Å². The Morgan fingerprint density at radius 2 is 1.79 bits per heavy atom. The second kappa shape index (κ2) is 14.9. The number of piperazine rings is 1. The van der Waals surface area contributed by atoms with E-state index in [0.29, 0.717) is 43.2 Å². The fourth-order valence-corrected chi connectivity index (χ4v) is 5.52. The lowest BCUT2D eigenvalue weighted by molar-refractivity contribution is -0.134. The molecule has 1 aromatic heterocycles. The van der Waals surface area contributed by atoms with Gasteiger partial charge in [0.2, 0.25) is 11.8 Å². The smallest absolute Gasteiger partial charge is 0.328 e. The molecule has 3 atom stereocenters. The van der Waals surface area contributed by atoms with Crippen LogP contribution in [0, 0.1) is 5.92 Å². The van der Waals surface area contributed by atoms with E-state index in [4.69, 9.17) is 21.8 Å². The van der Waals surface area contributed by atoms with Crippen molar-refractivity contribution < 1.29 is 29.4 Å². The van der Waals surface area contributed by atoms with Crippen LogP contribution in [0.1, 0.15) is 45.3 Å². The summed E-state index contributed by atoms with van der Waals surface area (Å²) in [6, 6.07) is 13.2. The second-order valence-corrected chi connectivity index (χ2v) is 11.3. The summed E-state index contributed by atoms with van der Waals surface area (Å²) in [6.07, 6.45) is 4.35. The summed E-state index contributed by atoms with van der Waals surface area (Å²) in [5, 5.41) is 22.8. The van der Waals surface area contributed by atoms with Gasteiger partial charge >= 0.3 is 11.9 Å². The summed E-state index contributed by atoms with van der Waals surface area (Å²) in [5.41, 5.74) is 1.36. The van der Waals surface area contributed by atoms with Gasteiger partial charge in [0.05, 0.1) is 34.9 Å². The van der Waals surface area contributed by atoms with Crippen molar-refractivity contribution >= 4 is 41.0 Å². The topological polar surface area (TPSA) is 152 Å². The van der Waals surface area contributed by atoms with Crippen molar-refractivity contribution in [1.29, 1.82) is 0 Å². The lowest BCUT2D eigenvalue weighted by Gasteiger charge is -2.51. The number of rotatable bonds is 8. The molecule has 226 valence electrons. The highest BCUT2D eigenvalue weighted by Crippen LogP contribution is 2.33. The molecule has 0 radical (unpaired) electrons. The number of nitrogens with one attached hydrogen (secondary N) is 2. The maximum absolute atomic E-state index is 13.2. The number of aromatic nitrogens is 1. The summed E-state index contributed by atoms with van der Waals surface area (Å²) >= 11 is 6.39. The molecule has 4 N–H and O–H groups in total. The molecule has 0 spiro atoms. The number of aliphatic carboxylic acids is 2. The largest absolute Gasteiger partial charge is 0.478 e. The molecule has 42 heavy (non-hydrogen) atoms. The molecule has 12 heteroatoms.